The summed E-state index contributed by atoms with van der Waals surface area (Å²) in [7, 11) is 0. The van der Waals surface area contributed by atoms with Crippen LogP contribution in [0.2, 0.25) is 5.02 Å². The zero-order valence-corrected chi connectivity index (χ0v) is 11.0. The fraction of sp³-hybridized carbons (Fsp3) is 0. The van der Waals surface area contributed by atoms with Gasteiger partial charge in [-0.2, -0.15) is 0 Å². The average Bonchev–Trinajstić information content (AvgIpc) is 2.83. The Balaban J connectivity index is 2.18. The molecule has 0 fully saturated rings. The maximum atomic E-state index is 13.1. The molecule has 3 rings (SSSR count). The van der Waals surface area contributed by atoms with Gasteiger partial charge < -0.3 is 10.7 Å². The highest BCUT2D eigenvalue weighted by atomic mass is 35.5. The SMILES string of the molecule is Nc1cc(F)ccc1C(=O)c1c[nH]c2cccc(Cl)c12. The first-order valence-electron chi connectivity index (χ1n) is 5.93. The van der Waals surface area contributed by atoms with Crippen LogP contribution in [0.25, 0.3) is 10.9 Å². The second-order valence-corrected chi connectivity index (χ2v) is 4.83. The van der Waals surface area contributed by atoms with Crippen LogP contribution in [0.5, 0.6) is 0 Å². The lowest BCUT2D eigenvalue weighted by Crippen LogP contribution is -2.05. The fourth-order valence-electron chi connectivity index (χ4n) is 2.20. The second kappa shape index (κ2) is 4.65. The summed E-state index contributed by atoms with van der Waals surface area (Å²) in [5.41, 5.74) is 7.26. The predicted octanol–water partition coefficient (Wildman–Crippen LogP) is 3.77. The van der Waals surface area contributed by atoms with E-state index in [9.17, 15) is 9.18 Å². The van der Waals surface area contributed by atoms with Crippen molar-refractivity contribution in [1.29, 1.82) is 0 Å². The molecule has 1 aromatic heterocycles. The molecule has 0 spiro atoms. The molecule has 0 bridgehead atoms. The van der Waals surface area contributed by atoms with Crippen molar-refractivity contribution < 1.29 is 9.18 Å². The lowest BCUT2D eigenvalue weighted by atomic mass is 10.0. The van der Waals surface area contributed by atoms with Crippen LogP contribution in [0.4, 0.5) is 10.1 Å². The van der Waals surface area contributed by atoms with Crippen LogP contribution in [0.3, 0.4) is 0 Å². The van der Waals surface area contributed by atoms with Crippen LogP contribution >= 0.6 is 11.6 Å². The molecule has 100 valence electrons. The highest BCUT2D eigenvalue weighted by Gasteiger charge is 2.18. The monoisotopic (exact) mass is 288 g/mol. The fourth-order valence-corrected chi connectivity index (χ4v) is 2.48. The molecule has 0 aliphatic carbocycles. The summed E-state index contributed by atoms with van der Waals surface area (Å²) in [6.07, 6.45) is 1.58. The molecule has 0 radical (unpaired) electrons. The first-order chi connectivity index (χ1) is 9.58. The summed E-state index contributed by atoms with van der Waals surface area (Å²) in [5.74, 6) is -0.766. The minimum absolute atomic E-state index is 0.108. The number of nitrogen functional groups attached to an aromatic ring is 1. The number of benzene rings is 2. The number of hydrogen-bond donors (Lipinski definition) is 2. The number of hydrogen-bond acceptors (Lipinski definition) is 2. The maximum Gasteiger partial charge on any atom is 0.197 e. The Kier molecular flexibility index (Phi) is 2.95. The lowest BCUT2D eigenvalue weighted by Gasteiger charge is -2.04. The molecule has 0 amide bonds. The molecule has 1 heterocycles. The van der Waals surface area contributed by atoms with Gasteiger partial charge in [-0.05, 0) is 30.3 Å². The minimum Gasteiger partial charge on any atom is -0.398 e. The number of halogens is 2. The van der Waals surface area contributed by atoms with Gasteiger partial charge in [0.1, 0.15) is 5.82 Å². The van der Waals surface area contributed by atoms with Crippen molar-refractivity contribution in [2.24, 2.45) is 0 Å². The molecule has 3 nitrogen and oxygen atoms in total. The molecule has 0 atom stereocenters. The minimum atomic E-state index is -0.476. The summed E-state index contributed by atoms with van der Waals surface area (Å²) < 4.78 is 13.1. The van der Waals surface area contributed by atoms with E-state index in [0.29, 0.717) is 16.0 Å². The molecule has 0 saturated heterocycles. The van der Waals surface area contributed by atoms with E-state index in [2.05, 4.69) is 4.98 Å². The van der Waals surface area contributed by atoms with E-state index in [1.165, 1.54) is 12.1 Å². The topological polar surface area (TPSA) is 58.9 Å². The second-order valence-electron chi connectivity index (χ2n) is 4.43. The highest BCUT2D eigenvalue weighted by molar-refractivity contribution is 6.37. The molecule has 20 heavy (non-hydrogen) atoms. The lowest BCUT2D eigenvalue weighted by molar-refractivity contribution is 0.104. The third kappa shape index (κ3) is 1.94. The number of rotatable bonds is 2. The summed E-state index contributed by atoms with van der Waals surface area (Å²) in [6.45, 7) is 0. The van der Waals surface area contributed by atoms with Gasteiger partial charge >= 0.3 is 0 Å². The number of fused-ring (bicyclic) bond motifs is 1. The molecule has 5 heteroatoms. The standard InChI is InChI=1S/C15H10ClFN2O/c16-11-2-1-3-13-14(11)10(7-19-13)15(20)9-5-4-8(17)6-12(9)18/h1-7,19H,18H2. The van der Waals surface area contributed by atoms with Gasteiger partial charge in [0.2, 0.25) is 0 Å². The number of nitrogens with one attached hydrogen (secondary N) is 1. The van der Waals surface area contributed by atoms with Crippen molar-refractivity contribution in [3.63, 3.8) is 0 Å². The Labute approximate surface area is 119 Å². The zero-order chi connectivity index (χ0) is 14.3. The number of H-pyrrole nitrogens is 1. The van der Waals surface area contributed by atoms with Crippen molar-refractivity contribution in [3.8, 4) is 0 Å². The molecule has 0 aliphatic rings. The van der Waals surface area contributed by atoms with Crippen LogP contribution < -0.4 is 5.73 Å². The number of aromatic amines is 1. The first-order valence-corrected chi connectivity index (χ1v) is 6.31. The van der Waals surface area contributed by atoms with Crippen molar-refractivity contribution in [3.05, 3.63) is 64.6 Å². The van der Waals surface area contributed by atoms with E-state index in [1.54, 1.807) is 18.3 Å². The smallest absolute Gasteiger partial charge is 0.197 e. The van der Waals surface area contributed by atoms with Crippen molar-refractivity contribution in [2.45, 2.75) is 0 Å². The molecule has 3 N–H and O–H groups in total. The van der Waals surface area contributed by atoms with Crippen LogP contribution in [-0.2, 0) is 0 Å². The van der Waals surface area contributed by atoms with Crippen molar-refractivity contribution in [1.82, 2.24) is 4.98 Å². The number of nitrogens with two attached hydrogens (primary N) is 1. The quantitative estimate of drug-likeness (QED) is 0.557. The van der Waals surface area contributed by atoms with Gasteiger partial charge in [0, 0.05) is 33.9 Å². The Morgan fingerprint density at radius 2 is 2.00 bits per heavy atom. The Hall–Kier alpha value is -2.33. The van der Waals surface area contributed by atoms with Gasteiger partial charge in [0.15, 0.2) is 5.78 Å². The van der Waals surface area contributed by atoms with E-state index >= 15 is 0 Å². The molecule has 0 aliphatic heterocycles. The van der Waals surface area contributed by atoms with Crippen molar-refractivity contribution in [2.75, 3.05) is 5.73 Å². The Morgan fingerprint density at radius 1 is 1.20 bits per heavy atom. The van der Waals surface area contributed by atoms with Gasteiger partial charge in [-0.1, -0.05) is 17.7 Å². The Morgan fingerprint density at radius 3 is 2.75 bits per heavy atom. The normalized spacial score (nSPS) is 10.9. The number of ketones is 1. The maximum absolute atomic E-state index is 13.1. The predicted molar refractivity (Wildman–Crippen MR) is 77.6 cm³/mol. The average molecular weight is 289 g/mol. The van der Waals surface area contributed by atoms with E-state index < -0.39 is 5.82 Å². The third-order valence-corrected chi connectivity index (χ3v) is 3.47. The third-order valence-electron chi connectivity index (χ3n) is 3.16. The van der Waals surface area contributed by atoms with E-state index in [1.807, 2.05) is 6.07 Å². The van der Waals surface area contributed by atoms with Gasteiger partial charge in [-0.3, -0.25) is 4.79 Å². The molecular formula is C15H10ClFN2O. The van der Waals surface area contributed by atoms with Crippen LogP contribution in [0, 0.1) is 5.82 Å². The summed E-state index contributed by atoms with van der Waals surface area (Å²) >= 11 is 6.14. The number of carbonyl (C=O) groups excluding carboxylic acids is 1. The van der Waals surface area contributed by atoms with E-state index in [4.69, 9.17) is 17.3 Å². The van der Waals surface area contributed by atoms with Crippen molar-refractivity contribution >= 4 is 34.0 Å². The Bertz CT molecular complexity index is 826. The van der Waals surface area contributed by atoms with Gasteiger partial charge in [-0.15, -0.1) is 0 Å². The van der Waals surface area contributed by atoms with Gasteiger partial charge in [0.25, 0.3) is 0 Å². The number of aromatic nitrogens is 1. The number of carbonyl (C=O) groups is 1. The summed E-state index contributed by atoms with van der Waals surface area (Å²) in [5, 5.41) is 1.12. The van der Waals surface area contributed by atoms with Gasteiger partial charge in [-0.25, -0.2) is 4.39 Å². The van der Waals surface area contributed by atoms with E-state index in [0.717, 1.165) is 11.6 Å². The van der Waals surface area contributed by atoms with E-state index in [-0.39, 0.29) is 17.0 Å². The van der Waals surface area contributed by atoms with Gasteiger partial charge in [0.05, 0.1) is 5.02 Å². The van der Waals surface area contributed by atoms with Crippen LogP contribution in [0.1, 0.15) is 15.9 Å². The molecule has 0 unspecified atom stereocenters. The number of anilines is 1. The van der Waals surface area contributed by atoms with Crippen LogP contribution in [-0.4, -0.2) is 10.8 Å². The van der Waals surface area contributed by atoms with Crippen LogP contribution in [0.15, 0.2) is 42.6 Å². The molecule has 2 aromatic carbocycles. The summed E-state index contributed by atoms with van der Waals surface area (Å²) in [6, 6.07) is 9.04. The molecule has 3 aromatic rings. The first kappa shape index (κ1) is 12.7. The highest BCUT2D eigenvalue weighted by Crippen LogP contribution is 2.29. The molecular weight excluding hydrogens is 279 g/mol. The largest absolute Gasteiger partial charge is 0.398 e. The summed E-state index contributed by atoms with van der Waals surface area (Å²) in [4.78, 5) is 15.5. The zero-order valence-electron chi connectivity index (χ0n) is 10.3. The molecule has 0 saturated carbocycles.